The normalized spacial score (nSPS) is 19.5. The lowest BCUT2D eigenvalue weighted by Gasteiger charge is -2.38. The maximum Gasteiger partial charge on any atom is 0.324 e. The van der Waals surface area contributed by atoms with Crippen LogP contribution in [0.1, 0.15) is 54.7 Å². The van der Waals surface area contributed by atoms with E-state index < -0.39 is 0 Å². The largest absolute Gasteiger partial charge is 0.324 e. The summed E-state index contributed by atoms with van der Waals surface area (Å²) in [4.78, 5) is 20.0. The minimum Gasteiger partial charge on any atom is -0.324 e. The van der Waals surface area contributed by atoms with E-state index in [1.54, 1.807) is 0 Å². The molecule has 2 amide bonds. The van der Waals surface area contributed by atoms with Gasteiger partial charge in [0.25, 0.3) is 0 Å². The molecule has 3 aliphatic heterocycles. The molecule has 0 N–H and O–H groups in total. The third kappa shape index (κ3) is 5.62. The first-order chi connectivity index (χ1) is 15.8. The van der Waals surface area contributed by atoms with Gasteiger partial charge in [0.1, 0.15) is 0 Å². The number of likely N-dealkylation sites (tertiary alicyclic amines) is 2. The number of fused-ring (bicyclic) bond motifs is 1. The second-order valence-electron chi connectivity index (χ2n) is 9.51. The Hall–Kier alpha value is -2.30. The molecule has 0 aliphatic carbocycles. The van der Waals surface area contributed by atoms with Crippen molar-refractivity contribution in [1.82, 2.24) is 9.80 Å². The van der Waals surface area contributed by atoms with Gasteiger partial charge in [-0.2, -0.15) is 0 Å². The summed E-state index contributed by atoms with van der Waals surface area (Å²) in [5.41, 5.74) is 5.09. The molecule has 2 fully saturated rings. The Morgan fingerprint density at radius 1 is 0.909 bits per heavy atom. The van der Waals surface area contributed by atoms with Crippen LogP contribution in [0.2, 0.25) is 0 Å². The van der Waals surface area contributed by atoms with E-state index in [0.717, 1.165) is 57.5 Å². The van der Waals surface area contributed by atoms with Gasteiger partial charge in [0.05, 0.1) is 0 Å². The third-order valence-electron chi connectivity index (χ3n) is 7.36. The van der Waals surface area contributed by atoms with E-state index in [-0.39, 0.29) is 18.4 Å². The molecule has 0 aromatic heterocycles. The summed E-state index contributed by atoms with van der Waals surface area (Å²) in [6.07, 6.45) is 11.4. The quantitative estimate of drug-likeness (QED) is 0.556. The highest BCUT2D eigenvalue weighted by atomic mass is 35.5. The van der Waals surface area contributed by atoms with Crippen molar-refractivity contribution in [2.24, 2.45) is 0 Å². The molecule has 5 heteroatoms. The fraction of sp³-hybridized carbons (Fsp3) is 0.464. The van der Waals surface area contributed by atoms with E-state index in [0.29, 0.717) is 5.92 Å². The first-order valence-corrected chi connectivity index (χ1v) is 12.4. The fourth-order valence-electron chi connectivity index (χ4n) is 5.52. The summed E-state index contributed by atoms with van der Waals surface area (Å²) in [6.45, 7) is 6.03. The topological polar surface area (TPSA) is 26.8 Å². The van der Waals surface area contributed by atoms with Crippen LogP contribution >= 0.6 is 12.4 Å². The van der Waals surface area contributed by atoms with E-state index in [1.165, 1.54) is 42.6 Å². The van der Waals surface area contributed by atoms with Crippen molar-refractivity contribution in [2.75, 3.05) is 44.2 Å². The molecule has 0 saturated carbocycles. The van der Waals surface area contributed by atoms with Crippen LogP contribution in [0.25, 0.3) is 6.08 Å². The van der Waals surface area contributed by atoms with Crippen LogP contribution in [-0.4, -0.2) is 55.1 Å². The van der Waals surface area contributed by atoms with Gasteiger partial charge < -0.3 is 4.90 Å². The molecule has 5 rings (SSSR count). The zero-order valence-corrected chi connectivity index (χ0v) is 20.3. The Morgan fingerprint density at radius 2 is 1.67 bits per heavy atom. The Labute approximate surface area is 204 Å². The van der Waals surface area contributed by atoms with Crippen molar-refractivity contribution in [1.29, 1.82) is 0 Å². The zero-order valence-electron chi connectivity index (χ0n) is 19.5. The summed E-state index contributed by atoms with van der Waals surface area (Å²) in [6, 6.07) is 17.6. The van der Waals surface area contributed by atoms with Crippen molar-refractivity contribution in [2.45, 2.75) is 44.4 Å². The van der Waals surface area contributed by atoms with Crippen molar-refractivity contribution < 1.29 is 4.79 Å². The van der Waals surface area contributed by atoms with Gasteiger partial charge in [-0.25, -0.2) is 4.79 Å². The van der Waals surface area contributed by atoms with Crippen LogP contribution < -0.4 is 4.90 Å². The second kappa shape index (κ2) is 11.2. The van der Waals surface area contributed by atoms with E-state index in [9.17, 15) is 4.79 Å². The lowest BCUT2D eigenvalue weighted by atomic mass is 9.89. The van der Waals surface area contributed by atoms with Gasteiger partial charge in [-0.15, -0.1) is 12.4 Å². The van der Waals surface area contributed by atoms with Crippen LogP contribution in [0, 0.1) is 0 Å². The highest BCUT2D eigenvalue weighted by molar-refractivity contribution is 5.93. The van der Waals surface area contributed by atoms with Crippen molar-refractivity contribution in [3.05, 3.63) is 71.3 Å². The molecule has 2 aromatic rings. The molecule has 2 saturated heterocycles. The number of amides is 2. The average molecular weight is 466 g/mol. The number of hydrogen-bond donors (Lipinski definition) is 0. The first-order valence-electron chi connectivity index (χ1n) is 12.4. The Balaban J connectivity index is 0.00000259. The van der Waals surface area contributed by atoms with Crippen LogP contribution in [0.3, 0.4) is 0 Å². The highest BCUT2D eigenvalue weighted by Gasteiger charge is 2.30. The predicted octanol–water partition coefficient (Wildman–Crippen LogP) is 5.97. The SMILES string of the molecule is Cl.O=C(N1CCC(c2ccccc2)CC1)N1CCCc2cc(/C=C/CN3CCCC3)ccc21. The average Bonchev–Trinajstić information content (AvgIpc) is 3.37. The number of benzene rings is 2. The molecule has 2 aromatic carbocycles. The maximum absolute atomic E-state index is 13.4. The number of anilines is 1. The molecular formula is C28H36ClN3O. The molecule has 4 nitrogen and oxygen atoms in total. The van der Waals surface area contributed by atoms with E-state index in [2.05, 4.69) is 70.5 Å². The van der Waals surface area contributed by atoms with Gasteiger partial charge >= 0.3 is 6.03 Å². The number of hydrogen-bond acceptors (Lipinski definition) is 2. The van der Waals surface area contributed by atoms with Crippen LogP contribution in [-0.2, 0) is 6.42 Å². The minimum absolute atomic E-state index is 0. The molecule has 0 bridgehead atoms. The van der Waals surface area contributed by atoms with Gasteiger partial charge in [-0.05, 0) is 86.4 Å². The van der Waals surface area contributed by atoms with E-state index in [1.807, 2.05) is 4.90 Å². The van der Waals surface area contributed by atoms with Crippen LogP contribution in [0.4, 0.5) is 10.5 Å². The summed E-state index contributed by atoms with van der Waals surface area (Å²) >= 11 is 0. The van der Waals surface area contributed by atoms with Gasteiger partial charge in [0, 0.05) is 31.9 Å². The van der Waals surface area contributed by atoms with Crippen molar-refractivity contribution in [3.63, 3.8) is 0 Å². The molecule has 176 valence electrons. The molecule has 0 unspecified atom stereocenters. The second-order valence-corrected chi connectivity index (χ2v) is 9.51. The third-order valence-corrected chi connectivity index (χ3v) is 7.36. The Kier molecular flexibility index (Phi) is 8.11. The van der Waals surface area contributed by atoms with Crippen molar-refractivity contribution >= 4 is 30.2 Å². The minimum atomic E-state index is 0. The highest BCUT2D eigenvalue weighted by Crippen LogP contribution is 2.32. The monoisotopic (exact) mass is 465 g/mol. The predicted molar refractivity (Wildman–Crippen MR) is 139 cm³/mol. The molecule has 0 spiro atoms. The number of nitrogens with zero attached hydrogens (tertiary/aromatic N) is 3. The fourth-order valence-corrected chi connectivity index (χ4v) is 5.52. The molecule has 3 aliphatic rings. The zero-order chi connectivity index (χ0) is 21.8. The number of urea groups is 1. The lowest BCUT2D eigenvalue weighted by molar-refractivity contribution is 0.187. The lowest BCUT2D eigenvalue weighted by Crippen LogP contribution is -2.48. The number of rotatable bonds is 4. The summed E-state index contributed by atoms with van der Waals surface area (Å²) in [7, 11) is 0. The van der Waals surface area contributed by atoms with Crippen LogP contribution in [0.15, 0.2) is 54.6 Å². The Morgan fingerprint density at radius 3 is 2.42 bits per heavy atom. The Bertz CT molecular complexity index is 947. The molecular weight excluding hydrogens is 430 g/mol. The van der Waals surface area contributed by atoms with Gasteiger partial charge in [0.2, 0.25) is 0 Å². The van der Waals surface area contributed by atoms with Gasteiger partial charge in [-0.1, -0.05) is 48.6 Å². The van der Waals surface area contributed by atoms with Gasteiger partial charge in [-0.3, -0.25) is 9.80 Å². The van der Waals surface area contributed by atoms with Crippen LogP contribution in [0.5, 0.6) is 0 Å². The maximum atomic E-state index is 13.4. The molecule has 0 atom stereocenters. The summed E-state index contributed by atoms with van der Waals surface area (Å²) in [5, 5.41) is 0. The summed E-state index contributed by atoms with van der Waals surface area (Å²) in [5.74, 6) is 0.573. The smallest absolute Gasteiger partial charge is 0.324 e. The number of carbonyl (C=O) groups excluding carboxylic acids is 1. The van der Waals surface area contributed by atoms with E-state index >= 15 is 0 Å². The van der Waals surface area contributed by atoms with E-state index in [4.69, 9.17) is 0 Å². The van der Waals surface area contributed by atoms with Crippen molar-refractivity contribution in [3.8, 4) is 0 Å². The molecule has 0 radical (unpaired) electrons. The number of halogens is 1. The summed E-state index contributed by atoms with van der Waals surface area (Å²) < 4.78 is 0. The van der Waals surface area contributed by atoms with Gasteiger partial charge in [0.15, 0.2) is 0 Å². The number of carbonyl (C=O) groups is 1. The standard InChI is InChI=1S/C28H35N3O.ClH/c32-28(30-20-14-25(15-21-30)24-9-2-1-3-10-24)31-19-7-11-26-22-23(12-13-27(26)31)8-6-18-29-16-4-5-17-29;/h1-3,6,8-10,12-13,22,25H,4-5,7,11,14-21H2;1H/b8-6+;. The molecule has 3 heterocycles. The molecule has 33 heavy (non-hydrogen) atoms. The number of aryl methyl sites for hydroxylation is 1. The first kappa shape index (κ1) is 23.8. The number of piperidine rings is 1.